The minimum absolute atomic E-state index is 0.974. The maximum atomic E-state index is 6.75. The third kappa shape index (κ3) is 5.70. The van der Waals surface area contributed by atoms with Crippen molar-refractivity contribution in [1.29, 1.82) is 0 Å². The van der Waals surface area contributed by atoms with Crippen LogP contribution in [0.5, 0.6) is 0 Å². The van der Waals surface area contributed by atoms with Gasteiger partial charge in [0.05, 0.1) is 7.05 Å². The van der Waals surface area contributed by atoms with Gasteiger partial charge in [0.25, 0.3) is 6.33 Å². The van der Waals surface area contributed by atoms with Crippen molar-refractivity contribution in [2.24, 2.45) is 7.05 Å². The number of hydrogen-bond acceptors (Lipinski definition) is 0. The molecule has 0 saturated carbocycles. The number of rotatable bonds is 1. The summed E-state index contributed by atoms with van der Waals surface area (Å²) >= 11 is 0. The molecule has 0 saturated heterocycles. The fourth-order valence-electron chi connectivity index (χ4n) is 0.789. The van der Waals surface area contributed by atoms with Gasteiger partial charge in [-0.15, -0.1) is 0 Å². The second kappa shape index (κ2) is 7.71. The molecule has 14 heavy (non-hydrogen) atoms. The van der Waals surface area contributed by atoms with Gasteiger partial charge in [0.15, 0.2) is 0 Å². The molecule has 0 aliphatic heterocycles. The number of hydrogen-bond donors (Lipinski definition) is 0. The molecule has 0 aliphatic carbocycles. The van der Waals surface area contributed by atoms with E-state index in [1.807, 2.05) is 34.9 Å². The Balaban J connectivity index is 0.000000500. The molecule has 1 aromatic rings. The van der Waals surface area contributed by atoms with Gasteiger partial charge in [-0.05, 0) is 6.42 Å². The molecule has 1 aromatic heterocycles. The monoisotopic (exact) mass is 191 g/mol. The standard InChI is InChI=1S/C9H13N2.N3/c1-3-4-5-6-11-8-7-10(2)9-11;1-3-2/h7-9H,3-4H2,1-2H3;/q+1;-1. The quantitative estimate of drug-likeness (QED) is 0.213. The van der Waals surface area contributed by atoms with E-state index in [0.29, 0.717) is 0 Å². The van der Waals surface area contributed by atoms with Crippen molar-refractivity contribution in [3.63, 3.8) is 0 Å². The van der Waals surface area contributed by atoms with Crippen LogP contribution in [-0.2, 0) is 7.05 Å². The van der Waals surface area contributed by atoms with Gasteiger partial charge in [-0.1, -0.05) is 12.8 Å². The van der Waals surface area contributed by atoms with Crippen LogP contribution < -0.4 is 4.57 Å². The van der Waals surface area contributed by atoms with Crippen LogP contribution in [0, 0.1) is 12.0 Å². The van der Waals surface area contributed by atoms with E-state index < -0.39 is 0 Å². The summed E-state index contributed by atoms with van der Waals surface area (Å²) in [5.41, 5.74) is 13.5. The molecule has 0 unspecified atom stereocenters. The Morgan fingerprint density at radius 1 is 1.50 bits per heavy atom. The predicted octanol–water partition coefficient (Wildman–Crippen LogP) is 1.79. The van der Waals surface area contributed by atoms with Gasteiger partial charge in [-0.2, -0.15) is 4.57 Å². The molecule has 0 N–H and O–H groups in total. The summed E-state index contributed by atoms with van der Waals surface area (Å²) in [5.74, 6) is 3.06. The summed E-state index contributed by atoms with van der Waals surface area (Å²) in [4.78, 5) is 1.50. The largest absolute Gasteiger partial charge is 0.373 e. The fourth-order valence-corrected chi connectivity index (χ4v) is 0.789. The minimum atomic E-state index is 0.974. The molecule has 0 radical (unpaired) electrons. The maximum absolute atomic E-state index is 6.75. The van der Waals surface area contributed by atoms with Crippen LogP contribution in [-0.4, -0.2) is 4.57 Å². The van der Waals surface area contributed by atoms with Crippen LogP contribution in [0.25, 0.3) is 16.0 Å². The van der Waals surface area contributed by atoms with Crippen molar-refractivity contribution < 1.29 is 4.57 Å². The second-order valence-corrected chi connectivity index (χ2v) is 2.61. The first-order valence-corrected chi connectivity index (χ1v) is 4.25. The topological polar surface area (TPSA) is 67.5 Å². The summed E-state index contributed by atoms with van der Waals surface area (Å²) in [7, 11) is 1.98. The van der Waals surface area contributed by atoms with Gasteiger partial charge in [0, 0.05) is 6.42 Å². The lowest BCUT2D eigenvalue weighted by Crippen LogP contribution is -2.23. The Morgan fingerprint density at radius 3 is 2.57 bits per heavy atom. The zero-order valence-electron chi connectivity index (χ0n) is 8.38. The summed E-state index contributed by atoms with van der Waals surface area (Å²) < 4.78 is 3.84. The van der Waals surface area contributed by atoms with E-state index in [0.717, 1.165) is 12.8 Å². The molecule has 74 valence electrons. The van der Waals surface area contributed by atoms with Crippen molar-refractivity contribution in [2.75, 3.05) is 0 Å². The van der Waals surface area contributed by atoms with Gasteiger partial charge in [-0.3, -0.25) is 4.91 Å². The van der Waals surface area contributed by atoms with Gasteiger partial charge in [0.2, 0.25) is 0 Å². The van der Waals surface area contributed by atoms with Crippen molar-refractivity contribution in [1.82, 2.24) is 4.57 Å². The highest BCUT2D eigenvalue weighted by Gasteiger charge is 1.92. The molecule has 1 rings (SSSR count). The Kier molecular flexibility index (Phi) is 6.66. The summed E-state index contributed by atoms with van der Waals surface area (Å²) in [6, 6.07) is 3.01. The summed E-state index contributed by atoms with van der Waals surface area (Å²) in [6.45, 7) is 2.13. The van der Waals surface area contributed by atoms with Gasteiger partial charge in [-0.25, -0.2) is 4.57 Å². The minimum Gasteiger partial charge on any atom is -0.373 e. The fraction of sp³-hybridized carbons (Fsp3) is 0.444. The number of imidazole rings is 1. The Morgan fingerprint density at radius 2 is 2.14 bits per heavy atom. The van der Waals surface area contributed by atoms with Crippen molar-refractivity contribution in [2.45, 2.75) is 19.8 Å². The van der Waals surface area contributed by atoms with E-state index in [9.17, 15) is 0 Å². The Hall–Kier alpha value is -1.92. The van der Waals surface area contributed by atoms with Crippen LogP contribution >= 0.6 is 0 Å². The van der Waals surface area contributed by atoms with Gasteiger partial charge in [0.1, 0.15) is 18.4 Å². The molecule has 1 heterocycles. The summed E-state index contributed by atoms with van der Waals surface area (Å²) in [6.07, 6.45) is 7.97. The summed E-state index contributed by atoms with van der Waals surface area (Å²) in [5, 5.41) is 0. The van der Waals surface area contributed by atoms with E-state index in [2.05, 4.69) is 18.9 Å². The highest BCUT2D eigenvalue weighted by atomic mass is 15.1. The number of unbranched alkanes of at least 4 members (excludes halogenated alkanes) is 1. The van der Waals surface area contributed by atoms with Crippen molar-refractivity contribution in [3.05, 3.63) is 34.7 Å². The van der Waals surface area contributed by atoms with E-state index in [4.69, 9.17) is 11.1 Å². The van der Waals surface area contributed by atoms with E-state index >= 15 is 0 Å². The smallest absolute Gasteiger partial charge is 0.257 e. The normalized spacial score (nSPS) is 7.57. The van der Waals surface area contributed by atoms with Crippen molar-refractivity contribution >= 4 is 0 Å². The lowest BCUT2D eigenvalue weighted by atomic mass is 10.4. The predicted molar refractivity (Wildman–Crippen MR) is 53.8 cm³/mol. The zero-order valence-corrected chi connectivity index (χ0v) is 8.38. The third-order valence-corrected chi connectivity index (χ3v) is 1.35. The number of aromatic nitrogens is 2. The molecule has 0 aliphatic rings. The first-order chi connectivity index (χ1) is 6.74. The number of aryl methyl sites for hydroxylation is 1. The van der Waals surface area contributed by atoms with Gasteiger partial charge < -0.3 is 11.1 Å². The lowest BCUT2D eigenvalue weighted by molar-refractivity contribution is -0.670. The van der Waals surface area contributed by atoms with E-state index in [-0.39, 0.29) is 0 Å². The average molecular weight is 191 g/mol. The van der Waals surface area contributed by atoms with Crippen LogP contribution in [0.3, 0.4) is 0 Å². The Labute approximate surface area is 83.4 Å². The van der Waals surface area contributed by atoms with E-state index in [1.165, 1.54) is 4.91 Å². The van der Waals surface area contributed by atoms with Crippen LogP contribution in [0.2, 0.25) is 0 Å². The number of nitrogens with zero attached hydrogens (tertiary/aromatic N) is 5. The molecule has 0 amide bonds. The van der Waals surface area contributed by atoms with Gasteiger partial charge >= 0.3 is 0 Å². The molecular formula is C9H13N5. The first kappa shape index (κ1) is 12.1. The molecule has 5 nitrogen and oxygen atoms in total. The maximum Gasteiger partial charge on any atom is 0.257 e. The first-order valence-electron chi connectivity index (χ1n) is 4.25. The zero-order chi connectivity index (χ0) is 10.8. The second-order valence-electron chi connectivity index (χ2n) is 2.61. The molecule has 0 atom stereocenters. The average Bonchev–Trinajstić information content (AvgIpc) is 2.53. The molecule has 0 aromatic carbocycles. The third-order valence-electron chi connectivity index (χ3n) is 1.35. The van der Waals surface area contributed by atoms with Crippen LogP contribution in [0.4, 0.5) is 0 Å². The molecule has 0 bridgehead atoms. The van der Waals surface area contributed by atoms with Crippen molar-refractivity contribution in [3.8, 4) is 12.0 Å². The highest BCUT2D eigenvalue weighted by molar-refractivity contribution is 5.01. The molecule has 5 heteroatoms. The van der Waals surface area contributed by atoms with E-state index in [1.54, 1.807) is 0 Å². The molecular weight excluding hydrogens is 178 g/mol. The molecule has 0 fully saturated rings. The molecule has 0 spiro atoms. The SMILES string of the molecule is CCCC#Cn1cc[n+](C)c1.[N-]=[N+]=[N-]. The van der Waals surface area contributed by atoms with Crippen LogP contribution in [0.1, 0.15) is 19.8 Å². The highest BCUT2D eigenvalue weighted by Crippen LogP contribution is 1.82. The van der Waals surface area contributed by atoms with Crippen LogP contribution in [0.15, 0.2) is 18.7 Å². The lowest BCUT2D eigenvalue weighted by Gasteiger charge is -1.76. The Bertz CT molecular complexity index is 349.